The smallest absolute Gasteiger partial charge is 0.246 e. The van der Waals surface area contributed by atoms with E-state index in [1.165, 1.54) is 11.0 Å². The quantitative estimate of drug-likeness (QED) is 0.777. The first-order valence-corrected chi connectivity index (χ1v) is 8.45. The van der Waals surface area contributed by atoms with E-state index >= 15 is 0 Å². The van der Waals surface area contributed by atoms with Crippen molar-refractivity contribution in [1.29, 1.82) is 0 Å². The summed E-state index contributed by atoms with van der Waals surface area (Å²) in [5.41, 5.74) is 5.71. The summed E-state index contributed by atoms with van der Waals surface area (Å²) in [5.74, 6) is -1.23. The molecule has 0 aliphatic carbocycles. The summed E-state index contributed by atoms with van der Waals surface area (Å²) in [7, 11) is -2.51. The summed E-state index contributed by atoms with van der Waals surface area (Å²) in [6.45, 7) is 0.322. The standard InChI is InChI=1S/C12H15BrFN3O3S/c1-16-3-2-4-17(7-11(16)18)21(19,20)10-6-8(15)5-9(13)12(10)14/h5-6H,2-4,7,15H2,1H3. The van der Waals surface area contributed by atoms with E-state index in [0.717, 1.165) is 10.4 Å². The number of benzene rings is 1. The zero-order valence-corrected chi connectivity index (χ0v) is 13.7. The second kappa shape index (κ2) is 5.90. The van der Waals surface area contributed by atoms with Gasteiger partial charge in [-0.1, -0.05) is 0 Å². The second-order valence-electron chi connectivity index (χ2n) is 4.82. The monoisotopic (exact) mass is 379 g/mol. The summed E-state index contributed by atoms with van der Waals surface area (Å²) >= 11 is 2.94. The molecule has 1 amide bonds. The van der Waals surface area contributed by atoms with Crippen LogP contribution in [0.15, 0.2) is 21.5 Å². The van der Waals surface area contributed by atoms with E-state index in [9.17, 15) is 17.6 Å². The molecule has 9 heteroatoms. The maximum Gasteiger partial charge on any atom is 0.246 e. The van der Waals surface area contributed by atoms with Crippen molar-refractivity contribution in [3.05, 3.63) is 22.4 Å². The van der Waals surface area contributed by atoms with E-state index in [0.29, 0.717) is 13.0 Å². The minimum Gasteiger partial charge on any atom is -0.399 e. The highest BCUT2D eigenvalue weighted by atomic mass is 79.9. The van der Waals surface area contributed by atoms with E-state index in [4.69, 9.17) is 5.73 Å². The molecule has 6 nitrogen and oxygen atoms in total. The Labute approximate surface area is 130 Å². The molecule has 21 heavy (non-hydrogen) atoms. The third-order valence-electron chi connectivity index (χ3n) is 3.27. The molecule has 0 aromatic heterocycles. The normalized spacial score (nSPS) is 17.9. The molecule has 1 heterocycles. The fourth-order valence-corrected chi connectivity index (χ4v) is 4.23. The first kappa shape index (κ1) is 16.2. The SMILES string of the molecule is CN1CCCN(S(=O)(=O)c2cc(N)cc(Br)c2F)CC1=O. The minimum atomic E-state index is -4.12. The Morgan fingerprint density at radius 3 is 2.67 bits per heavy atom. The number of hydrogen-bond donors (Lipinski definition) is 1. The number of likely N-dealkylation sites (N-methyl/N-ethyl adjacent to an activating group) is 1. The Kier molecular flexibility index (Phi) is 4.54. The molecule has 116 valence electrons. The number of rotatable bonds is 2. The number of halogens is 2. The van der Waals surface area contributed by atoms with Crippen LogP contribution >= 0.6 is 15.9 Å². The van der Waals surface area contributed by atoms with E-state index in [2.05, 4.69) is 15.9 Å². The average molecular weight is 380 g/mol. The van der Waals surface area contributed by atoms with Gasteiger partial charge < -0.3 is 10.6 Å². The lowest BCUT2D eigenvalue weighted by molar-refractivity contribution is -0.129. The predicted octanol–water partition coefficient (Wildman–Crippen LogP) is 1.02. The molecule has 0 unspecified atom stereocenters. The molecule has 1 aromatic carbocycles. The summed E-state index contributed by atoms with van der Waals surface area (Å²) in [4.78, 5) is 12.8. The van der Waals surface area contributed by atoms with Crippen LogP contribution in [0.1, 0.15) is 6.42 Å². The van der Waals surface area contributed by atoms with Crippen LogP contribution in [0.4, 0.5) is 10.1 Å². The third-order valence-corrected chi connectivity index (χ3v) is 5.69. The van der Waals surface area contributed by atoms with Crippen LogP contribution in [-0.2, 0) is 14.8 Å². The van der Waals surface area contributed by atoms with E-state index in [1.54, 1.807) is 7.05 Å². The van der Waals surface area contributed by atoms with Crippen molar-refractivity contribution in [1.82, 2.24) is 9.21 Å². The molecule has 0 radical (unpaired) electrons. The molecular formula is C12H15BrFN3O3S. The van der Waals surface area contributed by atoms with Crippen molar-refractivity contribution in [2.45, 2.75) is 11.3 Å². The Bertz CT molecular complexity index is 681. The highest BCUT2D eigenvalue weighted by Gasteiger charge is 2.32. The van der Waals surface area contributed by atoms with E-state index in [1.807, 2.05) is 0 Å². The number of anilines is 1. The third kappa shape index (κ3) is 3.19. The highest BCUT2D eigenvalue weighted by Crippen LogP contribution is 2.28. The number of nitrogens with two attached hydrogens (primary N) is 1. The molecule has 1 saturated heterocycles. The first-order valence-electron chi connectivity index (χ1n) is 6.22. The lowest BCUT2D eigenvalue weighted by Crippen LogP contribution is -2.38. The zero-order chi connectivity index (χ0) is 15.8. The summed E-state index contributed by atoms with van der Waals surface area (Å²) < 4.78 is 40.2. The van der Waals surface area contributed by atoms with Gasteiger partial charge in [0.15, 0.2) is 5.82 Å². The summed E-state index contributed by atoms with van der Waals surface area (Å²) in [6.07, 6.45) is 0.493. The van der Waals surface area contributed by atoms with Crippen molar-refractivity contribution in [3.8, 4) is 0 Å². The van der Waals surface area contributed by atoms with Gasteiger partial charge in [0.05, 0.1) is 11.0 Å². The van der Waals surface area contributed by atoms with Gasteiger partial charge >= 0.3 is 0 Å². The lowest BCUT2D eigenvalue weighted by Gasteiger charge is -2.20. The Morgan fingerprint density at radius 2 is 2.00 bits per heavy atom. The molecule has 1 aromatic rings. The molecule has 0 atom stereocenters. The maximum atomic E-state index is 14.1. The Balaban J connectivity index is 2.45. The molecule has 1 fully saturated rings. The van der Waals surface area contributed by atoms with Gasteiger partial charge in [0.25, 0.3) is 0 Å². The van der Waals surface area contributed by atoms with Gasteiger partial charge in [-0.15, -0.1) is 0 Å². The van der Waals surface area contributed by atoms with Gasteiger partial charge in [-0.3, -0.25) is 4.79 Å². The van der Waals surface area contributed by atoms with Crippen molar-refractivity contribution in [2.24, 2.45) is 0 Å². The Morgan fingerprint density at radius 1 is 1.33 bits per heavy atom. The number of nitrogens with zero attached hydrogens (tertiary/aromatic N) is 2. The highest BCUT2D eigenvalue weighted by molar-refractivity contribution is 9.10. The number of amides is 1. The minimum absolute atomic E-state index is 0.0284. The largest absolute Gasteiger partial charge is 0.399 e. The van der Waals surface area contributed by atoms with Gasteiger partial charge in [-0.2, -0.15) is 4.31 Å². The molecule has 0 saturated carbocycles. The van der Waals surface area contributed by atoms with Crippen LogP contribution in [-0.4, -0.2) is 50.2 Å². The van der Waals surface area contributed by atoms with Crippen molar-refractivity contribution in [2.75, 3.05) is 32.4 Å². The van der Waals surface area contributed by atoms with Crippen molar-refractivity contribution < 1.29 is 17.6 Å². The molecule has 2 rings (SSSR count). The second-order valence-corrected chi connectivity index (χ2v) is 7.58. The number of hydrogen-bond acceptors (Lipinski definition) is 4. The van der Waals surface area contributed by atoms with E-state index in [-0.39, 0.29) is 29.2 Å². The van der Waals surface area contributed by atoms with Gasteiger partial charge in [0.1, 0.15) is 4.90 Å². The van der Waals surface area contributed by atoms with Gasteiger partial charge in [-0.25, -0.2) is 12.8 Å². The Hall–Kier alpha value is -1.19. The number of nitrogen functional groups attached to an aromatic ring is 1. The molecule has 1 aliphatic rings. The number of carbonyl (C=O) groups excluding carboxylic acids is 1. The molecule has 0 spiro atoms. The van der Waals surface area contributed by atoms with Crippen LogP contribution in [0.3, 0.4) is 0 Å². The zero-order valence-electron chi connectivity index (χ0n) is 11.3. The summed E-state index contributed by atoms with van der Waals surface area (Å²) in [6, 6.07) is 2.35. The molecule has 2 N–H and O–H groups in total. The summed E-state index contributed by atoms with van der Waals surface area (Å²) in [5, 5.41) is 0. The van der Waals surface area contributed by atoms with E-state index < -0.39 is 20.7 Å². The van der Waals surface area contributed by atoms with Crippen LogP contribution < -0.4 is 5.73 Å². The fourth-order valence-electron chi connectivity index (χ4n) is 2.08. The van der Waals surface area contributed by atoms with Crippen molar-refractivity contribution in [3.63, 3.8) is 0 Å². The van der Waals surface area contributed by atoms with Crippen LogP contribution in [0.25, 0.3) is 0 Å². The predicted molar refractivity (Wildman–Crippen MR) is 79.5 cm³/mol. The maximum absolute atomic E-state index is 14.1. The average Bonchev–Trinajstić information content (AvgIpc) is 2.56. The number of sulfonamides is 1. The fraction of sp³-hybridized carbons (Fsp3) is 0.417. The van der Waals surface area contributed by atoms with Gasteiger partial charge in [0.2, 0.25) is 15.9 Å². The molecule has 0 bridgehead atoms. The topological polar surface area (TPSA) is 83.7 Å². The van der Waals surface area contributed by atoms with Crippen LogP contribution in [0.2, 0.25) is 0 Å². The lowest BCUT2D eigenvalue weighted by atomic mass is 10.3. The molecular weight excluding hydrogens is 365 g/mol. The van der Waals surface area contributed by atoms with Gasteiger partial charge in [-0.05, 0) is 34.5 Å². The molecule has 1 aliphatic heterocycles. The van der Waals surface area contributed by atoms with Crippen LogP contribution in [0.5, 0.6) is 0 Å². The van der Waals surface area contributed by atoms with Gasteiger partial charge in [0, 0.05) is 25.8 Å². The first-order chi connectivity index (χ1) is 9.73. The van der Waals surface area contributed by atoms with Crippen LogP contribution in [0, 0.1) is 5.82 Å². The van der Waals surface area contributed by atoms with Crippen molar-refractivity contribution >= 4 is 37.5 Å². The number of carbonyl (C=O) groups is 1.